The molecule has 1 aromatic heterocycles. The number of ketones is 3. The van der Waals surface area contributed by atoms with Crippen LogP contribution >= 0.6 is 0 Å². The molecule has 37 heavy (non-hydrogen) atoms. The predicted octanol–water partition coefficient (Wildman–Crippen LogP) is 0.0642. The summed E-state index contributed by atoms with van der Waals surface area (Å²) in [5.41, 5.74) is 4.62. The van der Waals surface area contributed by atoms with E-state index in [1.807, 2.05) is 19.0 Å². The third-order valence-corrected chi connectivity index (χ3v) is 8.10. The number of aliphatic hydroxyl groups is 1. The highest BCUT2D eigenvalue weighted by atomic mass is 16.3. The summed E-state index contributed by atoms with van der Waals surface area (Å²) in [5, 5.41) is 29.5. The zero-order chi connectivity index (χ0) is 27.0. The Morgan fingerprint density at radius 1 is 1.22 bits per heavy atom. The van der Waals surface area contributed by atoms with E-state index in [2.05, 4.69) is 10.2 Å². The number of nitrogens with two attached hydrogens (primary N) is 1. The lowest BCUT2D eigenvalue weighted by Gasteiger charge is -2.51. The van der Waals surface area contributed by atoms with Gasteiger partial charge in [0.1, 0.15) is 5.75 Å². The molecule has 0 saturated heterocycles. The third-order valence-electron chi connectivity index (χ3n) is 8.10. The number of carbonyl (C=O) groups excluding carboxylic acids is 4. The van der Waals surface area contributed by atoms with Gasteiger partial charge in [0.2, 0.25) is 5.78 Å². The minimum atomic E-state index is -2.58. The fourth-order valence-electron chi connectivity index (χ4n) is 6.34. The zero-order valence-corrected chi connectivity index (χ0v) is 21.0. The Bertz CT molecular complexity index is 1380. The van der Waals surface area contributed by atoms with Crippen molar-refractivity contribution in [2.24, 2.45) is 23.5 Å². The SMILES string of the molecule is CN(C)c1cc(-c2cn[nH]c2)c(O)c2c1CC1CC3[C@H](N(C)C)C=C(C(N)=O)C(=O)[C@@]3(O)C(=O)C1C2=O. The molecule has 0 bridgehead atoms. The van der Waals surface area contributed by atoms with Gasteiger partial charge in [-0.1, -0.05) is 6.08 Å². The normalized spacial score (nSPS) is 28.9. The number of hydrogen-bond acceptors (Lipinski definition) is 9. The highest BCUT2D eigenvalue weighted by Crippen LogP contribution is 2.52. The first kappa shape index (κ1) is 24.8. The topological polar surface area (TPSA) is 170 Å². The van der Waals surface area contributed by atoms with Gasteiger partial charge in [-0.2, -0.15) is 5.10 Å². The number of carbonyl (C=O) groups is 4. The Hall–Kier alpha value is -3.83. The minimum Gasteiger partial charge on any atom is -0.507 e. The van der Waals surface area contributed by atoms with Crippen molar-refractivity contribution < 1.29 is 29.4 Å². The van der Waals surface area contributed by atoms with Crippen LogP contribution in [0.4, 0.5) is 5.69 Å². The number of likely N-dealkylation sites (N-methyl/N-ethyl adjacent to an activating group) is 1. The second-order valence-electron chi connectivity index (χ2n) is 10.5. The molecule has 0 radical (unpaired) electrons. The number of hydrogen-bond donors (Lipinski definition) is 4. The Morgan fingerprint density at radius 3 is 2.49 bits per heavy atom. The Balaban J connectivity index is 1.69. The molecule has 3 aliphatic rings. The molecule has 3 aliphatic carbocycles. The monoisotopic (exact) mass is 507 g/mol. The second-order valence-corrected chi connectivity index (χ2v) is 10.5. The molecule has 11 nitrogen and oxygen atoms in total. The van der Waals surface area contributed by atoms with Gasteiger partial charge in [0.05, 0.1) is 23.3 Å². The fourth-order valence-corrected chi connectivity index (χ4v) is 6.34. The van der Waals surface area contributed by atoms with Crippen LogP contribution in [0.3, 0.4) is 0 Å². The Morgan fingerprint density at radius 2 is 1.92 bits per heavy atom. The van der Waals surface area contributed by atoms with E-state index in [9.17, 15) is 29.4 Å². The summed E-state index contributed by atoms with van der Waals surface area (Å²) >= 11 is 0. The van der Waals surface area contributed by atoms with Crippen LogP contribution in [0.2, 0.25) is 0 Å². The van der Waals surface area contributed by atoms with E-state index in [0.717, 1.165) is 0 Å². The second kappa shape index (κ2) is 8.35. The van der Waals surface area contributed by atoms with Gasteiger partial charge in [-0.3, -0.25) is 24.3 Å². The number of primary amides is 1. The zero-order valence-electron chi connectivity index (χ0n) is 21.0. The van der Waals surface area contributed by atoms with Crippen LogP contribution in [0.15, 0.2) is 30.1 Å². The molecule has 1 saturated carbocycles. The molecule has 0 aliphatic heterocycles. The van der Waals surface area contributed by atoms with Gasteiger partial charge in [0, 0.05) is 49.1 Å². The summed E-state index contributed by atoms with van der Waals surface area (Å²) in [5.74, 6) is -6.74. The summed E-state index contributed by atoms with van der Waals surface area (Å²) in [6.45, 7) is 0. The van der Waals surface area contributed by atoms with Crippen molar-refractivity contribution in [3.05, 3.63) is 41.2 Å². The molecule has 1 amide bonds. The number of aromatic nitrogens is 2. The molecule has 2 aromatic rings. The Labute approximate surface area is 212 Å². The predicted molar refractivity (Wildman–Crippen MR) is 133 cm³/mol. The van der Waals surface area contributed by atoms with E-state index in [4.69, 9.17) is 5.73 Å². The smallest absolute Gasteiger partial charge is 0.252 e. The number of Topliss-reactive ketones (excluding diaryl/α,β-unsaturated/α-hetero) is 3. The molecule has 5 atom stereocenters. The number of fused-ring (bicyclic) bond motifs is 3. The van der Waals surface area contributed by atoms with Gasteiger partial charge >= 0.3 is 0 Å². The van der Waals surface area contributed by atoms with Gasteiger partial charge < -0.3 is 25.7 Å². The molecule has 1 heterocycles. The van der Waals surface area contributed by atoms with Crippen molar-refractivity contribution in [2.45, 2.75) is 24.5 Å². The van der Waals surface area contributed by atoms with Crippen molar-refractivity contribution in [1.82, 2.24) is 15.1 Å². The van der Waals surface area contributed by atoms with Crippen LogP contribution in [-0.4, -0.2) is 88.4 Å². The molecule has 1 fully saturated rings. The highest BCUT2D eigenvalue weighted by molar-refractivity contribution is 6.32. The number of anilines is 1. The van der Waals surface area contributed by atoms with Crippen LogP contribution in [-0.2, 0) is 20.8 Å². The first-order valence-corrected chi connectivity index (χ1v) is 12.0. The van der Waals surface area contributed by atoms with Crippen LogP contribution in [0.25, 0.3) is 11.1 Å². The van der Waals surface area contributed by atoms with Gasteiger partial charge in [0.25, 0.3) is 5.91 Å². The molecule has 1 aromatic carbocycles. The maximum Gasteiger partial charge on any atom is 0.252 e. The van der Waals surface area contributed by atoms with Crippen LogP contribution in [0, 0.1) is 17.8 Å². The number of aromatic amines is 1. The molecular weight excluding hydrogens is 478 g/mol. The highest BCUT2D eigenvalue weighted by Gasteiger charge is 2.65. The van der Waals surface area contributed by atoms with Crippen LogP contribution < -0.4 is 10.6 Å². The minimum absolute atomic E-state index is 0.00265. The molecule has 0 spiro atoms. The van der Waals surface area contributed by atoms with Crippen molar-refractivity contribution in [2.75, 3.05) is 33.1 Å². The van der Waals surface area contributed by atoms with Crippen molar-refractivity contribution in [3.8, 4) is 16.9 Å². The number of nitrogens with one attached hydrogen (secondary N) is 1. The van der Waals surface area contributed by atoms with E-state index < -0.39 is 58.2 Å². The molecular formula is C26H29N5O6. The number of amides is 1. The number of benzene rings is 1. The lowest BCUT2D eigenvalue weighted by atomic mass is 9.54. The number of phenols is 1. The molecule has 5 N–H and O–H groups in total. The summed E-state index contributed by atoms with van der Waals surface area (Å²) in [6.07, 6.45) is 4.97. The molecule has 11 heteroatoms. The van der Waals surface area contributed by atoms with E-state index in [-0.39, 0.29) is 24.2 Å². The van der Waals surface area contributed by atoms with E-state index >= 15 is 0 Å². The summed E-state index contributed by atoms with van der Waals surface area (Å²) in [4.78, 5) is 56.8. The number of H-pyrrole nitrogens is 1. The molecule has 5 rings (SSSR count). The maximum absolute atomic E-state index is 14.0. The van der Waals surface area contributed by atoms with Gasteiger partial charge in [-0.15, -0.1) is 0 Å². The van der Waals surface area contributed by atoms with Gasteiger partial charge in [0.15, 0.2) is 17.2 Å². The fraction of sp³-hybridized carbons (Fsp3) is 0.423. The standard InChI is InChI=1S/C26H29N5O6/c1-30(2)17-7-13(12-9-28-29-10-12)21(32)20-14(17)5-11-6-16-18(31(3)4)8-15(25(27)36)23(34)26(16,37)24(35)19(11)22(20)33/h7-11,16,18-19,32,37H,5-6H2,1-4H3,(H2,27,36)(H,28,29)/t11?,16?,18-,19?,26-/m1/s1. The largest absolute Gasteiger partial charge is 0.507 e. The first-order valence-electron chi connectivity index (χ1n) is 12.0. The summed E-state index contributed by atoms with van der Waals surface area (Å²) in [7, 11) is 7.08. The van der Waals surface area contributed by atoms with Gasteiger partial charge in [-0.25, -0.2) is 0 Å². The van der Waals surface area contributed by atoms with Crippen LogP contribution in [0.5, 0.6) is 5.75 Å². The summed E-state index contributed by atoms with van der Waals surface area (Å²) in [6, 6.07) is 1.15. The van der Waals surface area contributed by atoms with E-state index in [1.165, 1.54) is 12.3 Å². The number of rotatable bonds is 4. The lowest BCUT2D eigenvalue weighted by molar-refractivity contribution is -0.168. The van der Waals surface area contributed by atoms with Crippen molar-refractivity contribution in [3.63, 3.8) is 0 Å². The Kier molecular flexibility index (Phi) is 5.61. The number of nitrogens with zero attached hydrogens (tertiary/aromatic N) is 3. The molecule has 3 unspecified atom stereocenters. The maximum atomic E-state index is 14.0. The van der Waals surface area contributed by atoms with E-state index in [0.29, 0.717) is 22.4 Å². The average molecular weight is 508 g/mol. The number of phenolic OH excluding ortho intramolecular Hbond substituents is 1. The molecule has 194 valence electrons. The number of aromatic hydroxyl groups is 1. The summed E-state index contributed by atoms with van der Waals surface area (Å²) < 4.78 is 0. The van der Waals surface area contributed by atoms with Crippen LogP contribution in [0.1, 0.15) is 22.3 Å². The average Bonchev–Trinajstić information content (AvgIpc) is 3.35. The van der Waals surface area contributed by atoms with E-state index in [1.54, 1.807) is 31.3 Å². The van der Waals surface area contributed by atoms with Crippen molar-refractivity contribution in [1.29, 1.82) is 0 Å². The third kappa shape index (κ3) is 3.37. The first-order chi connectivity index (χ1) is 17.4. The van der Waals surface area contributed by atoms with Gasteiger partial charge in [-0.05, 0) is 44.5 Å². The quantitative estimate of drug-likeness (QED) is 0.330. The van der Waals surface area contributed by atoms with Crippen molar-refractivity contribution >= 4 is 28.9 Å². The lowest BCUT2D eigenvalue weighted by Crippen LogP contribution is -2.68.